The summed E-state index contributed by atoms with van der Waals surface area (Å²) >= 11 is 0. The van der Waals surface area contributed by atoms with E-state index in [1.54, 1.807) is 7.11 Å². The van der Waals surface area contributed by atoms with Crippen molar-refractivity contribution in [3.63, 3.8) is 0 Å². The monoisotopic (exact) mass is 289 g/mol. The Kier molecular flexibility index (Phi) is 5.69. The molecule has 1 aromatic carbocycles. The molecule has 1 saturated carbocycles. The fourth-order valence-corrected chi connectivity index (χ4v) is 3.30. The average Bonchev–Trinajstić information content (AvgIpc) is 3.27. The molecule has 0 radical (unpaired) electrons. The van der Waals surface area contributed by atoms with Crippen LogP contribution in [0.15, 0.2) is 24.3 Å². The maximum Gasteiger partial charge on any atom is 0.118 e. The molecule has 118 valence electrons. The molecule has 1 aromatic rings. The van der Waals surface area contributed by atoms with Gasteiger partial charge in [-0.1, -0.05) is 39.8 Å². The minimum absolute atomic E-state index is 0.510. The summed E-state index contributed by atoms with van der Waals surface area (Å²) in [6.07, 6.45) is 2.72. The summed E-state index contributed by atoms with van der Waals surface area (Å²) in [4.78, 5) is 0. The standard InChI is InChI=1S/C19H31NO/c1-13(2)18(14(3)4)12-20-19(15-6-7-15)16-8-10-17(21-5)11-9-16/h8-11,13-15,18-20H,6-7,12H2,1-5H3. The van der Waals surface area contributed by atoms with E-state index in [2.05, 4.69) is 57.3 Å². The lowest BCUT2D eigenvalue weighted by molar-refractivity contribution is 0.261. The first-order valence-corrected chi connectivity index (χ1v) is 8.40. The Balaban J connectivity index is 2.02. The molecule has 0 heterocycles. The number of hydrogen-bond acceptors (Lipinski definition) is 2. The van der Waals surface area contributed by atoms with Crippen molar-refractivity contribution < 1.29 is 4.74 Å². The molecule has 21 heavy (non-hydrogen) atoms. The van der Waals surface area contributed by atoms with E-state index in [4.69, 9.17) is 4.74 Å². The van der Waals surface area contributed by atoms with Gasteiger partial charge in [0, 0.05) is 6.04 Å². The molecule has 1 aliphatic carbocycles. The van der Waals surface area contributed by atoms with E-state index in [9.17, 15) is 0 Å². The van der Waals surface area contributed by atoms with E-state index in [0.717, 1.165) is 36.0 Å². The molecule has 0 saturated heterocycles. The Morgan fingerprint density at radius 1 is 1.05 bits per heavy atom. The number of rotatable bonds is 8. The number of benzene rings is 1. The van der Waals surface area contributed by atoms with Gasteiger partial charge in [0.2, 0.25) is 0 Å². The van der Waals surface area contributed by atoms with Gasteiger partial charge >= 0.3 is 0 Å². The first-order chi connectivity index (χ1) is 10.0. The number of ether oxygens (including phenoxy) is 1. The fourth-order valence-electron chi connectivity index (χ4n) is 3.30. The van der Waals surface area contributed by atoms with Crippen LogP contribution in [0.1, 0.15) is 52.1 Å². The van der Waals surface area contributed by atoms with Gasteiger partial charge in [-0.25, -0.2) is 0 Å². The van der Waals surface area contributed by atoms with Gasteiger partial charge in [-0.3, -0.25) is 0 Å². The average molecular weight is 289 g/mol. The topological polar surface area (TPSA) is 21.3 Å². The summed E-state index contributed by atoms with van der Waals surface area (Å²) < 4.78 is 5.27. The van der Waals surface area contributed by atoms with Crippen LogP contribution in [0.2, 0.25) is 0 Å². The Bertz CT molecular complexity index is 412. The third-order valence-corrected chi connectivity index (χ3v) is 4.85. The van der Waals surface area contributed by atoms with Crippen molar-refractivity contribution in [3.8, 4) is 5.75 Å². The first-order valence-electron chi connectivity index (χ1n) is 8.40. The Morgan fingerprint density at radius 3 is 2.05 bits per heavy atom. The van der Waals surface area contributed by atoms with Crippen LogP contribution in [-0.2, 0) is 0 Å². The van der Waals surface area contributed by atoms with E-state index < -0.39 is 0 Å². The lowest BCUT2D eigenvalue weighted by Gasteiger charge is -2.28. The van der Waals surface area contributed by atoms with Crippen molar-refractivity contribution in [2.45, 2.75) is 46.6 Å². The van der Waals surface area contributed by atoms with E-state index in [0.29, 0.717) is 6.04 Å². The molecule has 0 spiro atoms. The number of hydrogen-bond donors (Lipinski definition) is 1. The second kappa shape index (κ2) is 7.31. The lowest BCUT2D eigenvalue weighted by Crippen LogP contribution is -2.33. The number of methoxy groups -OCH3 is 1. The van der Waals surface area contributed by atoms with Gasteiger partial charge in [-0.2, -0.15) is 0 Å². The van der Waals surface area contributed by atoms with Crippen LogP contribution in [0.3, 0.4) is 0 Å². The third-order valence-electron chi connectivity index (χ3n) is 4.85. The molecule has 1 N–H and O–H groups in total. The van der Waals surface area contributed by atoms with Gasteiger partial charge in [0.25, 0.3) is 0 Å². The summed E-state index contributed by atoms with van der Waals surface area (Å²) in [6.45, 7) is 10.5. The molecule has 1 fully saturated rings. The quantitative estimate of drug-likeness (QED) is 0.751. The smallest absolute Gasteiger partial charge is 0.118 e. The van der Waals surface area contributed by atoms with Gasteiger partial charge in [-0.05, 0) is 60.8 Å². The van der Waals surface area contributed by atoms with Crippen molar-refractivity contribution >= 4 is 0 Å². The zero-order valence-corrected chi connectivity index (χ0v) is 14.2. The van der Waals surface area contributed by atoms with Gasteiger partial charge in [0.05, 0.1) is 7.11 Å². The largest absolute Gasteiger partial charge is 0.497 e. The van der Waals surface area contributed by atoms with Gasteiger partial charge in [0.1, 0.15) is 5.75 Å². The zero-order valence-electron chi connectivity index (χ0n) is 14.2. The molecule has 0 aromatic heterocycles. The van der Waals surface area contributed by atoms with Crippen molar-refractivity contribution in [2.24, 2.45) is 23.7 Å². The molecular formula is C19H31NO. The second-order valence-corrected chi connectivity index (χ2v) is 7.15. The molecule has 2 heteroatoms. The van der Waals surface area contributed by atoms with Crippen LogP contribution < -0.4 is 10.1 Å². The van der Waals surface area contributed by atoms with Crippen LogP contribution in [-0.4, -0.2) is 13.7 Å². The highest BCUT2D eigenvalue weighted by Gasteiger charge is 2.32. The summed E-state index contributed by atoms with van der Waals surface area (Å²) in [5.41, 5.74) is 1.41. The van der Waals surface area contributed by atoms with Crippen LogP contribution >= 0.6 is 0 Å². The van der Waals surface area contributed by atoms with E-state index in [-0.39, 0.29) is 0 Å². The van der Waals surface area contributed by atoms with Crippen LogP contribution in [0.4, 0.5) is 0 Å². The second-order valence-electron chi connectivity index (χ2n) is 7.15. The number of nitrogens with one attached hydrogen (secondary N) is 1. The SMILES string of the molecule is COc1ccc(C(NCC(C(C)C)C(C)C)C2CC2)cc1. The molecular weight excluding hydrogens is 258 g/mol. The molecule has 2 nitrogen and oxygen atoms in total. The van der Waals surface area contributed by atoms with Crippen molar-refractivity contribution in [2.75, 3.05) is 13.7 Å². The molecule has 1 aliphatic rings. The van der Waals surface area contributed by atoms with E-state index in [1.165, 1.54) is 18.4 Å². The zero-order chi connectivity index (χ0) is 15.4. The Labute approximate surface area is 130 Å². The minimum atomic E-state index is 0.510. The summed E-state index contributed by atoms with van der Waals surface area (Å²) in [7, 11) is 1.72. The predicted molar refractivity (Wildman–Crippen MR) is 89.6 cm³/mol. The molecule has 0 bridgehead atoms. The summed E-state index contributed by atoms with van der Waals surface area (Å²) in [6, 6.07) is 9.10. The molecule has 0 amide bonds. The van der Waals surface area contributed by atoms with Gasteiger partial charge < -0.3 is 10.1 Å². The van der Waals surface area contributed by atoms with Crippen molar-refractivity contribution in [1.82, 2.24) is 5.32 Å². The van der Waals surface area contributed by atoms with Gasteiger partial charge in [-0.15, -0.1) is 0 Å². The van der Waals surface area contributed by atoms with Crippen LogP contribution in [0, 0.1) is 23.7 Å². The van der Waals surface area contributed by atoms with Crippen LogP contribution in [0.5, 0.6) is 5.75 Å². The normalized spacial score (nSPS) is 16.8. The van der Waals surface area contributed by atoms with E-state index in [1.807, 2.05) is 0 Å². The van der Waals surface area contributed by atoms with Gasteiger partial charge in [0.15, 0.2) is 0 Å². The highest BCUT2D eigenvalue weighted by molar-refractivity contribution is 5.30. The van der Waals surface area contributed by atoms with Crippen LogP contribution in [0.25, 0.3) is 0 Å². The maximum atomic E-state index is 5.27. The molecule has 2 rings (SSSR count). The minimum Gasteiger partial charge on any atom is -0.497 e. The highest BCUT2D eigenvalue weighted by Crippen LogP contribution is 2.41. The molecule has 0 aliphatic heterocycles. The third kappa shape index (κ3) is 4.47. The fraction of sp³-hybridized carbons (Fsp3) is 0.684. The summed E-state index contributed by atoms with van der Waals surface area (Å²) in [5.74, 6) is 3.96. The first kappa shape index (κ1) is 16.4. The van der Waals surface area contributed by atoms with Crippen molar-refractivity contribution in [3.05, 3.63) is 29.8 Å². The van der Waals surface area contributed by atoms with E-state index >= 15 is 0 Å². The van der Waals surface area contributed by atoms with Crippen molar-refractivity contribution in [1.29, 1.82) is 0 Å². The maximum absolute atomic E-state index is 5.27. The highest BCUT2D eigenvalue weighted by atomic mass is 16.5. The molecule has 1 unspecified atom stereocenters. The summed E-state index contributed by atoms with van der Waals surface area (Å²) in [5, 5.41) is 3.86. The molecule has 1 atom stereocenters. The predicted octanol–water partition coefficient (Wildman–Crippen LogP) is 4.66. The Hall–Kier alpha value is -1.02. The Morgan fingerprint density at radius 2 is 1.62 bits per heavy atom. The lowest BCUT2D eigenvalue weighted by atomic mass is 9.85.